The minimum Gasteiger partial charge on any atom is -0.454 e. The fourth-order valence-electron chi connectivity index (χ4n) is 3.90. The number of nitrogen functional groups attached to an aromatic ring is 1. The number of rotatable bonds is 4. The van der Waals surface area contributed by atoms with Gasteiger partial charge in [-0.15, -0.1) is 0 Å². The largest absolute Gasteiger partial charge is 0.454 e. The van der Waals surface area contributed by atoms with E-state index < -0.39 is 0 Å². The zero-order valence-corrected chi connectivity index (χ0v) is 17.7. The highest BCUT2D eigenvalue weighted by atomic mass is 16.7. The van der Waals surface area contributed by atoms with E-state index in [1.807, 2.05) is 32.0 Å². The van der Waals surface area contributed by atoms with Crippen molar-refractivity contribution in [2.24, 2.45) is 0 Å². The lowest BCUT2D eigenvalue weighted by atomic mass is 10.1. The van der Waals surface area contributed by atoms with Crippen LogP contribution in [0, 0.1) is 0 Å². The third kappa shape index (κ3) is 3.18. The molecule has 32 heavy (non-hydrogen) atoms. The van der Waals surface area contributed by atoms with E-state index in [1.165, 1.54) is 10.5 Å². The first kappa shape index (κ1) is 19.8. The Balaban J connectivity index is 1.56. The quantitative estimate of drug-likeness (QED) is 0.377. The van der Waals surface area contributed by atoms with Gasteiger partial charge < -0.3 is 20.5 Å². The Morgan fingerprint density at radius 1 is 1.22 bits per heavy atom. The lowest BCUT2D eigenvalue weighted by Gasteiger charge is -2.14. The van der Waals surface area contributed by atoms with Crippen LogP contribution < -0.4 is 30.7 Å². The Morgan fingerprint density at radius 2 is 2.03 bits per heavy atom. The highest BCUT2D eigenvalue weighted by Crippen LogP contribution is 2.32. The van der Waals surface area contributed by atoms with Crippen LogP contribution in [0.1, 0.15) is 35.8 Å². The molecule has 0 saturated heterocycles. The number of benzene rings is 1. The lowest BCUT2D eigenvalue weighted by Crippen LogP contribution is -2.44. The molecule has 0 spiro atoms. The van der Waals surface area contributed by atoms with Crippen LogP contribution in [0.5, 0.6) is 11.5 Å². The standard InChI is InChI=1S/C23H21N5O4/c1-13(2)28-20(24)15(10-16-21(28)26-19-5-3-4-8-27(19)23(16)30)22(29)25-11-14-6-7-17-18(9-14)32-12-31-17/h3-10,13,24H,11-12H2,1-2H3,(H,25,29)/p+1. The van der Waals surface area contributed by atoms with Gasteiger partial charge in [0.05, 0.1) is 6.04 Å². The minimum atomic E-state index is -0.381. The second-order valence-corrected chi connectivity index (χ2v) is 7.86. The number of hydrogen-bond acceptors (Lipinski definition) is 6. The molecule has 9 heteroatoms. The molecule has 5 rings (SSSR count). The van der Waals surface area contributed by atoms with Gasteiger partial charge in [0.25, 0.3) is 17.1 Å². The van der Waals surface area contributed by atoms with Gasteiger partial charge in [-0.1, -0.05) is 17.1 Å². The van der Waals surface area contributed by atoms with Crippen molar-refractivity contribution in [2.75, 3.05) is 12.5 Å². The van der Waals surface area contributed by atoms with Crippen molar-refractivity contribution in [3.63, 3.8) is 0 Å². The van der Waals surface area contributed by atoms with E-state index in [-0.39, 0.29) is 42.2 Å². The van der Waals surface area contributed by atoms with Gasteiger partial charge in [-0.25, -0.2) is 4.57 Å². The summed E-state index contributed by atoms with van der Waals surface area (Å²) in [4.78, 5) is 30.9. The maximum absolute atomic E-state index is 13.1. The molecule has 0 radical (unpaired) electrons. The zero-order valence-electron chi connectivity index (χ0n) is 17.7. The minimum absolute atomic E-state index is 0.114. The molecule has 0 aliphatic carbocycles. The van der Waals surface area contributed by atoms with Crippen molar-refractivity contribution >= 4 is 28.4 Å². The van der Waals surface area contributed by atoms with Crippen LogP contribution in [0.2, 0.25) is 0 Å². The van der Waals surface area contributed by atoms with Crippen LogP contribution in [-0.2, 0) is 6.54 Å². The number of fused-ring (bicyclic) bond motifs is 3. The molecule has 4 aromatic rings. The van der Waals surface area contributed by atoms with E-state index >= 15 is 0 Å². The first-order chi connectivity index (χ1) is 15.4. The molecule has 0 saturated carbocycles. The molecular formula is C23H22N5O4+. The number of carbonyl (C=O) groups excluding carboxylic acids is 1. The van der Waals surface area contributed by atoms with Crippen LogP contribution in [-0.4, -0.2) is 22.1 Å². The molecule has 0 bridgehead atoms. The molecule has 162 valence electrons. The van der Waals surface area contributed by atoms with Crippen LogP contribution >= 0.6 is 0 Å². The Bertz CT molecular complexity index is 1440. The van der Waals surface area contributed by atoms with E-state index in [0.717, 1.165) is 5.56 Å². The fraction of sp³-hybridized carbons (Fsp3) is 0.217. The van der Waals surface area contributed by atoms with Crippen LogP contribution in [0.15, 0.2) is 53.5 Å². The highest BCUT2D eigenvalue weighted by molar-refractivity contribution is 6.00. The number of amides is 1. The number of hydrogen-bond donors (Lipinski definition) is 2. The average Bonchev–Trinajstić information content (AvgIpc) is 3.25. The third-order valence-corrected chi connectivity index (χ3v) is 5.45. The Labute approximate surface area is 183 Å². The summed E-state index contributed by atoms with van der Waals surface area (Å²) in [6.45, 7) is 4.31. The summed E-state index contributed by atoms with van der Waals surface area (Å²) in [6, 6.07) is 12.2. The van der Waals surface area contributed by atoms with Crippen molar-refractivity contribution in [3.05, 3.63) is 70.1 Å². The molecule has 1 aliphatic rings. The van der Waals surface area contributed by atoms with Crippen molar-refractivity contribution in [1.29, 1.82) is 0 Å². The van der Waals surface area contributed by atoms with Crippen molar-refractivity contribution in [3.8, 4) is 11.5 Å². The smallest absolute Gasteiger partial charge is 0.278 e. The molecular weight excluding hydrogens is 410 g/mol. The summed E-state index contributed by atoms with van der Waals surface area (Å²) < 4.78 is 13.9. The van der Waals surface area contributed by atoms with Gasteiger partial charge in [-0.2, -0.15) is 0 Å². The van der Waals surface area contributed by atoms with E-state index in [2.05, 4.69) is 10.3 Å². The normalized spacial score (nSPS) is 12.6. The zero-order chi connectivity index (χ0) is 22.4. The summed E-state index contributed by atoms with van der Waals surface area (Å²) in [5.74, 6) is 1.19. The predicted octanol–water partition coefficient (Wildman–Crippen LogP) is 1.96. The van der Waals surface area contributed by atoms with Gasteiger partial charge in [-0.05, 0) is 49.7 Å². The number of pyridine rings is 2. The Morgan fingerprint density at radius 3 is 2.84 bits per heavy atom. The third-order valence-electron chi connectivity index (χ3n) is 5.45. The monoisotopic (exact) mass is 432 g/mol. The highest BCUT2D eigenvalue weighted by Gasteiger charge is 2.25. The van der Waals surface area contributed by atoms with Gasteiger partial charge in [0, 0.05) is 12.7 Å². The molecule has 3 aromatic heterocycles. The first-order valence-electron chi connectivity index (χ1n) is 10.3. The summed E-state index contributed by atoms with van der Waals surface area (Å²) in [5.41, 5.74) is 8.18. The van der Waals surface area contributed by atoms with E-state index in [0.29, 0.717) is 28.2 Å². The fourth-order valence-corrected chi connectivity index (χ4v) is 3.90. The maximum Gasteiger partial charge on any atom is 0.278 e. The summed E-state index contributed by atoms with van der Waals surface area (Å²) in [7, 11) is 0. The van der Waals surface area contributed by atoms with Gasteiger partial charge >= 0.3 is 0 Å². The van der Waals surface area contributed by atoms with Crippen LogP contribution in [0.3, 0.4) is 0 Å². The summed E-state index contributed by atoms with van der Waals surface area (Å²) >= 11 is 0. The first-order valence-corrected chi connectivity index (χ1v) is 10.3. The second kappa shape index (κ2) is 7.52. The average molecular weight is 432 g/mol. The molecule has 0 unspecified atom stereocenters. The molecule has 3 N–H and O–H groups in total. The number of ether oxygens (including phenoxy) is 2. The summed E-state index contributed by atoms with van der Waals surface area (Å²) in [5, 5.41) is 3.20. The topological polar surface area (TPSA) is 112 Å². The Kier molecular flexibility index (Phi) is 4.66. The molecule has 9 nitrogen and oxygen atoms in total. The number of nitrogens with two attached hydrogens (primary N) is 1. The van der Waals surface area contributed by atoms with Gasteiger partial charge in [0.15, 0.2) is 11.5 Å². The second-order valence-electron chi connectivity index (χ2n) is 7.86. The number of carbonyl (C=O) groups is 1. The molecule has 4 heterocycles. The number of nitrogens with one attached hydrogen (secondary N) is 1. The maximum atomic E-state index is 13.1. The van der Waals surface area contributed by atoms with Crippen LogP contribution in [0.25, 0.3) is 16.7 Å². The molecule has 1 aromatic carbocycles. The number of aromatic nitrogens is 3. The van der Waals surface area contributed by atoms with E-state index in [9.17, 15) is 9.59 Å². The van der Waals surface area contributed by atoms with Crippen molar-refractivity contribution in [2.45, 2.75) is 26.4 Å². The van der Waals surface area contributed by atoms with Gasteiger partial charge in [0.2, 0.25) is 18.3 Å². The molecule has 0 fully saturated rings. The van der Waals surface area contributed by atoms with Crippen molar-refractivity contribution in [1.82, 2.24) is 14.7 Å². The molecule has 1 amide bonds. The van der Waals surface area contributed by atoms with Crippen LogP contribution in [0.4, 0.5) is 5.82 Å². The number of anilines is 1. The SMILES string of the molecule is CC(C)[n+]1c(N)c(C(=O)NCc2ccc3c(c2)OCO3)cc2c(=O)n3ccccc3nc21. The van der Waals surface area contributed by atoms with Gasteiger partial charge in [-0.3, -0.25) is 14.0 Å². The lowest BCUT2D eigenvalue weighted by molar-refractivity contribution is -0.679. The molecule has 0 atom stereocenters. The van der Waals surface area contributed by atoms with E-state index in [1.54, 1.807) is 29.0 Å². The molecule has 1 aliphatic heterocycles. The van der Waals surface area contributed by atoms with E-state index in [4.69, 9.17) is 15.2 Å². The number of nitrogens with zero attached hydrogens (tertiary/aromatic N) is 3. The predicted molar refractivity (Wildman–Crippen MR) is 118 cm³/mol. The Hall–Kier alpha value is -4.14. The summed E-state index contributed by atoms with van der Waals surface area (Å²) in [6.07, 6.45) is 1.65. The van der Waals surface area contributed by atoms with Gasteiger partial charge in [0.1, 0.15) is 10.9 Å². The van der Waals surface area contributed by atoms with Crippen molar-refractivity contribution < 1.29 is 18.8 Å².